The van der Waals surface area contributed by atoms with E-state index >= 15 is 0 Å². The molecule has 1 aliphatic heterocycles. The Kier molecular flexibility index (Phi) is 4.04. The van der Waals surface area contributed by atoms with Crippen molar-refractivity contribution in [1.82, 2.24) is 9.97 Å². The van der Waals surface area contributed by atoms with Crippen LogP contribution in [0.3, 0.4) is 0 Å². The summed E-state index contributed by atoms with van der Waals surface area (Å²) < 4.78 is 0. The lowest BCUT2D eigenvalue weighted by Gasteiger charge is -2.17. The summed E-state index contributed by atoms with van der Waals surface area (Å²) in [5, 5.41) is 0. The Hall–Kier alpha value is -2.43. The first-order valence-electron chi connectivity index (χ1n) is 7.47. The highest BCUT2D eigenvalue weighted by Crippen LogP contribution is 2.27. The van der Waals surface area contributed by atoms with Crippen LogP contribution in [0.2, 0.25) is 0 Å². The van der Waals surface area contributed by atoms with Crippen molar-refractivity contribution in [3.63, 3.8) is 0 Å². The maximum atomic E-state index is 12.2. The molecule has 2 heterocycles. The van der Waals surface area contributed by atoms with Gasteiger partial charge in [-0.3, -0.25) is 4.79 Å². The number of anilines is 2. The zero-order chi connectivity index (χ0) is 15.5. The molecule has 0 saturated carbocycles. The fourth-order valence-electron chi connectivity index (χ4n) is 2.81. The zero-order valence-corrected chi connectivity index (χ0v) is 12.9. The molecule has 0 N–H and O–H groups in total. The molecular weight excluding hydrogens is 276 g/mol. The highest BCUT2D eigenvalue weighted by molar-refractivity contribution is 5.95. The third kappa shape index (κ3) is 3.08. The second-order valence-corrected chi connectivity index (χ2v) is 5.88. The van der Waals surface area contributed by atoms with E-state index in [1.54, 1.807) is 6.33 Å². The number of para-hydroxylation sites is 1. The van der Waals surface area contributed by atoms with Crippen LogP contribution in [0.25, 0.3) is 0 Å². The van der Waals surface area contributed by atoms with Crippen LogP contribution in [0.1, 0.15) is 12.1 Å². The Labute approximate surface area is 130 Å². The molecule has 114 valence electrons. The van der Waals surface area contributed by atoms with E-state index in [9.17, 15) is 4.79 Å². The van der Waals surface area contributed by atoms with Gasteiger partial charge in [0.1, 0.15) is 12.1 Å². The molecule has 1 aromatic carbocycles. The van der Waals surface area contributed by atoms with Crippen LogP contribution in [0.5, 0.6) is 0 Å². The first kappa shape index (κ1) is 14.5. The quantitative estimate of drug-likeness (QED) is 0.867. The molecule has 1 saturated heterocycles. The van der Waals surface area contributed by atoms with Crippen LogP contribution in [0.15, 0.2) is 42.7 Å². The number of hydrogen-bond donors (Lipinski definition) is 0. The van der Waals surface area contributed by atoms with Crippen molar-refractivity contribution in [2.75, 3.05) is 30.4 Å². The Bertz CT molecular complexity index is 657. The van der Waals surface area contributed by atoms with Crippen LogP contribution < -0.4 is 9.80 Å². The van der Waals surface area contributed by atoms with Gasteiger partial charge in [0.15, 0.2) is 0 Å². The average molecular weight is 296 g/mol. The van der Waals surface area contributed by atoms with Gasteiger partial charge in [0, 0.05) is 44.5 Å². The summed E-state index contributed by atoms with van der Waals surface area (Å²) in [7, 11) is 3.92. The summed E-state index contributed by atoms with van der Waals surface area (Å²) in [5.74, 6) is 1.39. The molecule has 1 aliphatic rings. The highest BCUT2D eigenvalue weighted by Gasteiger charge is 2.30. The third-order valence-corrected chi connectivity index (χ3v) is 3.94. The minimum atomic E-state index is 0.193. The summed E-state index contributed by atoms with van der Waals surface area (Å²) in [6, 6.07) is 11.8. The van der Waals surface area contributed by atoms with Gasteiger partial charge in [0.2, 0.25) is 5.91 Å². The molecule has 5 heteroatoms. The molecule has 3 rings (SSSR count). The summed E-state index contributed by atoms with van der Waals surface area (Å²) in [6.07, 6.45) is 2.98. The van der Waals surface area contributed by atoms with Gasteiger partial charge >= 0.3 is 0 Å². The largest absolute Gasteiger partial charge is 0.363 e. The predicted molar refractivity (Wildman–Crippen MR) is 87.0 cm³/mol. The van der Waals surface area contributed by atoms with Crippen molar-refractivity contribution in [2.45, 2.75) is 12.8 Å². The van der Waals surface area contributed by atoms with E-state index in [1.165, 1.54) is 0 Å². The highest BCUT2D eigenvalue weighted by atomic mass is 16.2. The van der Waals surface area contributed by atoms with Crippen LogP contribution in [-0.2, 0) is 11.2 Å². The van der Waals surface area contributed by atoms with Gasteiger partial charge in [0.05, 0.1) is 0 Å². The van der Waals surface area contributed by atoms with E-state index in [2.05, 4.69) is 9.97 Å². The molecular formula is C17H20N4O. The average Bonchev–Trinajstić information content (AvgIpc) is 2.89. The number of nitrogens with zero attached hydrogens (tertiary/aromatic N) is 4. The van der Waals surface area contributed by atoms with Crippen molar-refractivity contribution >= 4 is 17.4 Å². The van der Waals surface area contributed by atoms with Gasteiger partial charge in [-0.1, -0.05) is 18.2 Å². The zero-order valence-electron chi connectivity index (χ0n) is 12.9. The fraction of sp³-hybridized carbons (Fsp3) is 0.353. The SMILES string of the molecule is CN(C)c1cc(C[C@@H]2CC(=O)N(c3ccccc3)C2)ncn1. The maximum absolute atomic E-state index is 12.2. The summed E-state index contributed by atoms with van der Waals surface area (Å²) in [5.41, 5.74) is 1.97. The van der Waals surface area contributed by atoms with Crippen LogP contribution in [0, 0.1) is 5.92 Å². The van der Waals surface area contributed by atoms with Crippen molar-refractivity contribution in [3.05, 3.63) is 48.4 Å². The molecule has 1 amide bonds. The first-order chi connectivity index (χ1) is 10.6. The van der Waals surface area contributed by atoms with E-state index in [1.807, 2.05) is 60.3 Å². The van der Waals surface area contributed by atoms with Gasteiger partial charge in [-0.05, 0) is 24.5 Å². The Balaban J connectivity index is 1.70. The molecule has 1 atom stereocenters. The van der Waals surface area contributed by atoms with Gasteiger partial charge in [0.25, 0.3) is 0 Å². The minimum Gasteiger partial charge on any atom is -0.363 e. The Morgan fingerprint density at radius 3 is 2.73 bits per heavy atom. The first-order valence-corrected chi connectivity index (χ1v) is 7.47. The lowest BCUT2D eigenvalue weighted by atomic mass is 10.0. The van der Waals surface area contributed by atoms with Gasteiger partial charge in [-0.15, -0.1) is 0 Å². The second kappa shape index (κ2) is 6.13. The smallest absolute Gasteiger partial charge is 0.227 e. The summed E-state index contributed by atoms with van der Waals surface area (Å²) in [6.45, 7) is 0.754. The molecule has 0 radical (unpaired) electrons. The molecule has 0 spiro atoms. The summed E-state index contributed by atoms with van der Waals surface area (Å²) in [4.78, 5) is 24.6. The standard InChI is InChI=1S/C17H20N4O/c1-20(2)16-10-14(18-12-19-16)8-13-9-17(22)21(11-13)15-6-4-3-5-7-15/h3-7,10,12-13H,8-9,11H2,1-2H3/t13-/m1/s1. The number of hydrogen-bond acceptors (Lipinski definition) is 4. The van der Waals surface area contributed by atoms with Crippen molar-refractivity contribution < 1.29 is 4.79 Å². The number of carbonyl (C=O) groups excluding carboxylic acids is 1. The molecule has 0 aliphatic carbocycles. The molecule has 5 nitrogen and oxygen atoms in total. The third-order valence-electron chi connectivity index (χ3n) is 3.94. The maximum Gasteiger partial charge on any atom is 0.227 e. The molecule has 0 unspecified atom stereocenters. The Morgan fingerprint density at radius 2 is 2.00 bits per heavy atom. The lowest BCUT2D eigenvalue weighted by Crippen LogP contribution is -2.24. The van der Waals surface area contributed by atoms with Crippen molar-refractivity contribution in [3.8, 4) is 0 Å². The van der Waals surface area contributed by atoms with E-state index in [0.717, 1.165) is 30.2 Å². The number of benzene rings is 1. The van der Waals surface area contributed by atoms with E-state index < -0.39 is 0 Å². The second-order valence-electron chi connectivity index (χ2n) is 5.88. The number of amides is 1. The predicted octanol–water partition coefficient (Wildman–Crippen LogP) is 2.14. The van der Waals surface area contributed by atoms with E-state index in [-0.39, 0.29) is 5.91 Å². The molecule has 22 heavy (non-hydrogen) atoms. The molecule has 1 aromatic heterocycles. The monoisotopic (exact) mass is 296 g/mol. The van der Waals surface area contributed by atoms with Crippen LogP contribution in [0.4, 0.5) is 11.5 Å². The van der Waals surface area contributed by atoms with Crippen LogP contribution >= 0.6 is 0 Å². The number of aromatic nitrogens is 2. The lowest BCUT2D eigenvalue weighted by molar-refractivity contribution is -0.117. The van der Waals surface area contributed by atoms with Gasteiger partial charge < -0.3 is 9.80 Å². The van der Waals surface area contributed by atoms with Gasteiger partial charge in [-0.2, -0.15) is 0 Å². The van der Waals surface area contributed by atoms with E-state index in [0.29, 0.717) is 12.3 Å². The van der Waals surface area contributed by atoms with Crippen LogP contribution in [-0.4, -0.2) is 36.5 Å². The summed E-state index contributed by atoms with van der Waals surface area (Å²) >= 11 is 0. The number of carbonyl (C=O) groups is 1. The topological polar surface area (TPSA) is 49.3 Å². The normalized spacial score (nSPS) is 17.8. The molecule has 2 aromatic rings. The molecule has 0 bridgehead atoms. The van der Waals surface area contributed by atoms with E-state index in [4.69, 9.17) is 0 Å². The fourth-order valence-corrected chi connectivity index (χ4v) is 2.81. The van der Waals surface area contributed by atoms with Gasteiger partial charge in [-0.25, -0.2) is 9.97 Å². The molecule has 1 fully saturated rings. The minimum absolute atomic E-state index is 0.193. The van der Waals surface area contributed by atoms with Crippen molar-refractivity contribution in [2.24, 2.45) is 5.92 Å². The Morgan fingerprint density at radius 1 is 1.23 bits per heavy atom. The number of rotatable bonds is 4. The van der Waals surface area contributed by atoms with Crippen molar-refractivity contribution in [1.29, 1.82) is 0 Å².